The second kappa shape index (κ2) is 9.96. The third-order valence-electron chi connectivity index (χ3n) is 6.62. The number of halogens is 3. The number of allylic oxidation sites excluding steroid dienone is 1. The van der Waals surface area contributed by atoms with Crippen molar-refractivity contribution in [3.63, 3.8) is 0 Å². The van der Waals surface area contributed by atoms with Gasteiger partial charge in [-0.2, -0.15) is 0 Å². The third kappa shape index (κ3) is 5.20. The van der Waals surface area contributed by atoms with Gasteiger partial charge in [0.1, 0.15) is 5.82 Å². The van der Waals surface area contributed by atoms with Crippen LogP contribution in [0.15, 0.2) is 18.2 Å². The summed E-state index contributed by atoms with van der Waals surface area (Å²) in [6.07, 6.45) is 10.6. The van der Waals surface area contributed by atoms with Crippen molar-refractivity contribution in [3.05, 3.63) is 40.7 Å². The molecule has 3 rings (SSSR count). The molecule has 0 bridgehead atoms. The van der Waals surface area contributed by atoms with E-state index in [1.54, 1.807) is 18.2 Å². The van der Waals surface area contributed by atoms with Gasteiger partial charge in [0, 0.05) is 6.61 Å². The lowest BCUT2D eigenvalue weighted by atomic mass is 9.77. The van der Waals surface area contributed by atoms with Crippen LogP contribution in [-0.4, -0.2) is 12.7 Å². The van der Waals surface area contributed by atoms with Crippen molar-refractivity contribution in [2.45, 2.75) is 77.7 Å². The van der Waals surface area contributed by atoms with Crippen LogP contribution >= 0.6 is 0 Å². The third-order valence-corrected chi connectivity index (χ3v) is 6.62. The zero-order chi connectivity index (χ0) is 20.1. The Morgan fingerprint density at radius 1 is 1.11 bits per heavy atom. The molecule has 1 nitrogen and oxygen atoms in total. The first-order valence-electron chi connectivity index (χ1n) is 10.9. The summed E-state index contributed by atoms with van der Waals surface area (Å²) < 4.78 is 46.8. The monoisotopic (exact) mass is 394 g/mol. The molecule has 156 valence electrons. The normalized spacial score (nSPS) is 28.9. The summed E-state index contributed by atoms with van der Waals surface area (Å²) in [4.78, 5) is 0. The fourth-order valence-corrected chi connectivity index (χ4v) is 4.87. The van der Waals surface area contributed by atoms with Gasteiger partial charge >= 0.3 is 0 Å². The van der Waals surface area contributed by atoms with Crippen LogP contribution in [0.25, 0.3) is 6.08 Å². The van der Waals surface area contributed by atoms with Gasteiger partial charge in [0.05, 0.1) is 11.7 Å². The van der Waals surface area contributed by atoms with Crippen LogP contribution in [0.5, 0.6) is 0 Å². The number of ether oxygens (including phenoxy) is 1. The van der Waals surface area contributed by atoms with Gasteiger partial charge in [0.2, 0.25) is 0 Å². The minimum atomic E-state index is -2.80. The highest BCUT2D eigenvalue weighted by Crippen LogP contribution is 2.37. The highest BCUT2D eigenvalue weighted by atomic mass is 19.3. The van der Waals surface area contributed by atoms with Crippen molar-refractivity contribution < 1.29 is 17.9 Å². The van der Waals surface area contributed by atoms with Gasteiger partial charge in [0.25, 0.3) is 6.43 Å². The topological polar surface area (TPSA) is 9.23 Å². The maximum absolute atomic E-state index is 14.1. The molecule has 1 aromatic rings. The predicted octanol–water partition coefficient (Wildman–Crippen LogP) is 7.49. The first-order chi connectivity index (χ1) is 13.5. The van der Waals surface area contributed by atoms with E-state index in [2.05, 4.69) is 6.92 Å². The summed E-state index contributed by atoms with van der Waals surface area (Å²) in [6.45, 7) is 4.66. The molecule has 1 heterocycles. The highest BCUT2D eigenvalue weighted by molar-refractivity contribution is 5.56. The van der Waals surface area contributed by atoms with Gasteiger partial charge < -0.3 is 4.74 Å². The van der Waals surface area contributed by atoms with Gasteiger partial charge in [-0.05, 0) is 80.8 Å². The van der Waals surface area contributed by atoms with Crippen LogP contribution in [0.4, 0.5) is 13.2 Å². The second-order valence-corrected chi connectivity index (χ2v) is 8.64. The molecule has 0 amide bonds. The van der Waals surface area contributed by atoms with Gasteiger partial charge in [-0.25, -0.2) is 13.2 Å². The van der Waals surface area contributed by atoms with E-state index < -0.39 is 17.8 Å². The molecule has 0 spiro atoms. The number of benzene rings is 1. The molecular formula is C24H33F3O. The van der Waals surface area contributed by atoms with Gasteiger partial charge in [-0.1, -0.05) is 37.6 Å². The fourth-order valence-electron chi connectivity index (χ4n) is 4.87. The molecule has 0 N–H and O–H groups in total. The van der Waals surface area contributed by atoms with E-state index in [0.717, 1.165) is 38.2 Å². The van der Waals surface area contributed by atoms with E-state index >= 15 is 0 Å². The molecule has 28 heavy (non-hydrogen) atoms. The van der Waals surface area contributed by atoms with E-state index in [1.807, 2.05) is 6.08 Å². The summed E-state index contributed by atoms with van der Waals surface area (Å²) in [6, 6.07) is 3.18. The van der Waals surface area contributed by atoms with E-state index in [9.17, 15) is 13.2 Å². The molecule has 1 saturated heterocycles. The molecular weight excluding hydrogens is 361 g/mol. The maximum atomic E-state index is 14.1. The first-order valence-corrected chi connectivity index (χ1v) is 10.9. The Hall–Kier alpha value is -1.29. The van der Waals surface area contributed by atoms with Crippen molar-refractivity contribution in [1.29, 1.82) is 0 Å². The average Bonchev–Trinajstić information content (AvgIpc) is 2.70. The molecule has 2 aliphatic rings. The van der Waals surface area contributed by atoms with Crippen LogP contribution in [-0.2, 0) is 4.74 Å². The largest absolute Gasteiger partial charge is 0.378 e. The minimum Gasteiger partial charge on any atom is -0.378 e. The number of hydrogen-bond donors (Lipinski definition) is 0. The van der Waals surface area contributed by atoms with Gasteiger partial charge in [-0.15, -0.1) is 0 Å². The Kier molecular flexibility index (Phi) is 7.62. The summed E-state index contributed by atoms with van der Waals surface area (Å²) in [5, 5.41) is 0. The summed E-state index contributed by atoms with van der Waals surface area (Å²) in [5.74, 6) is 0.958. The Balaban J connectivity index is 1.53. The van der Waals surface area contributed by atoms with Gasteiger partial charge in [-0.3, -0.25) is 0 Å². The zero-order valence-electron chi connectivity index (χ0n) is 17.1. The standard InChI is InChI=1S/C24H33F3O/c1-3-4-18-9-14-21(28-15-18)19-11-6-17(7-12-19)8-13-20-10-5-16(2)23(25)22(20)24(26)27/h5,8,10,13,17-19,21,24H,3-4,6-7,9,11-12,14-15H2,1-2H3. The van der Waals surface area contributed by atoms with E-state index in [-0.39, 0.29) is 5.56 Å². The Bertz CT molecular complexity index is 654. The highest BCUT2D eigenvalue weighted by Gasteiger charge is 2.31. The predicted molar refractivity (Wildman–Crippen MR) is 108 cm³/mol. The minimum absolute atomic E-state index is 0.265. The summed E-state index contributed by atoms with van der Waals surface area (Å²) in [5.41, 5.74) is 0.0987. The zero-order valence-corrected chi connectivity index (χ0v) is 17.1. The van der Waals surface area contributed by atoms with Crippen LogP contribution in [0, 0.1) is 30.5 Å². The molecule has 0 radical (unpaired) electrons. The van der Waals surface area contributed by atoms with Crippen molar-refractivity contribution in [2.75, 3.05) is 6.61 Å². The second-order valence-electron chi connectivity index (χ2n) is 8.64. The van der Waals surface area contributed by atoms with Crippen molar-refractivity contribution in [2.24, 2.45) is 17.8 Å². The molecule has 1 aliphatic carbocycles. The summed E-state index contributed by atoms with van der Waals surface area (Å²) >= 11 is 0. The number of aryl methyl sites for hydroxylation is 1. The maximum Gasteiger partial charge on any atom is 0.267 e. The Labute approximate surface area is 167 Å². The van der Waals surface area contributed by atoms with E-state index in [0.29, 0.717) is 23.5 Å². The quantitative estimate of drug-likeness (QED) is 0.486. The lowest BCUT2D eigenvalue weighted by molar-refractivity contribution is -0.0582. The van der Waals surface area contributed by atoms with Gasteiger partial charge in [0.15, 0.2) is 0 Å². The van der Waals surface area contributed by atoms with Crippen molar-refractivity contribution in [3.8, 4) is 0 Å². The molecule has 1 aliphatic heterocycles. The van der Waals surface area contributed by atoms with Crippen LogP contribution < -0.4 is 0 Å². The first kappa shape index (κ1) is 21.4. The molecule has 1 saturated carbocycles. The lowest BCUT2D eigenvalue weighted by Crippen LogP contribution is -2.34. The molecule has 2 atom stereocenters. The number of hydrogen-bond acceptors (Lipinski definition) is 1. The van der Waals surface area contributed by atoms with Crippen molar-refractivity contribution >= 4 is 6.08 Å². The van der Waals surface area contributed by atoms with Crippen molar-refractivity contribution in [1.82, 2.24) is 0 Å². The molecule has 2 fully saturated rings. The van der Waals surface area contributed by atoms with Crippen LogP contribution in [0.1, 0.15) is 81.4 Å². The average molecular weight is 395 g/mol. The SMILES string of the molecule is CCCC1CCC(C2CCC(C=Cc3ccc(C)c(F)c3C(F)F)CC2)OC1. The number of alkyl halides is 2. The Morgan fingerprint density at radius 2 is 1.86 bits per heavy atom. The van der Waals surface area contributed by atoms with E-state index in [1.165, 1.54) is 32.6 Å². The Morgan fingerprint density at radius 3 is 2.46 bits per heavy atom. The van der Waals surface area contributed by atoms with Crippen LogP contribution in [0.3, 0.4) is 0 Å². The fraction of sp³-hybridized carbons (Fsp3) is 0.667. The lowest BCUT2D eigenvalue weighted by Gasteiger charge is -2.37. The molecule has 2 unspecified atom stereocenters. The van der Waals surface area contributed by atoms with E-state index in [4.69, 9.17) is 4.74 Å². The smallest absolute Gasteiger partial charge is 0.267 e. The number of rotatable bonds is 6. The summed E-state index contributed by atoms with van der Waals surface area (Å²) in [7, 11) is 0. The molecule has 4 heteroatoms. The molecule has 0 aromatic heterocycles. The molecule has 1 aromatic carbocycles. The van der Waals surface area contributed by atoms with Crippen LogP contribution in [0.2, 0.25) is 0 Å².